The Hall–Kier alpha value is -2.61. The van der Waals surface area contributed by atoms with Gasteiger partial charge in [0, 0.05) is 18.5 Å². The summed E-state index contributed by atoms with van der Waals surface area (Å²) < 4.78 is 1.59. The van der Waals surface area contributed by atoms with Gasteiger partial charge in [0.05, 0.1) is 12.9 Å². The summed E-state index contributed by atoms with van der Waals surface area (Å²) in [4.78, 5) is 32.4. The predicted molar refractivity (Wildman–Crippen MR) is 106 cm³/mol. The van der Waals surface area contributed by atoms with Crippen LogP contribution in [0.4, 0.5) is 11.5 Å². The van der Waals surface area contributed by atoms with E-state index >= 15 is 0 Å². The molecule has 8 heteroatoms. The minimum absolute atomic E-state index is 0.0407. The Morgan fingerprint density at radius 1 is 1.27 bits per heavy atom. The van der Waals surface area contributed by atoms with Gasteiger partial charge in [-0.2, -0.15) is 0 Å². The van der Waals surface area contributed by atoms with Crippen molar-refractivity contribution < 1.29 is 9.59 Å². The van der Waals surface area contributed by atoms with Crippen LogP contribution in [0.2, 0.25) is 0 Å². The molecule has 0 fully saturated rings. The quantitative estimate of drug-likeness (QED) is 0.575. The van der Waals surface area contributed by atoms with E-state index in [2.05, 4.69) is 27.5 Å². The van der Waals surface area contributed by atoms with Crippen LogP contribution in [-0.4, -0.2) is 39.2 Å². The lowest BCUT2D eigenvalue weighted by atomic mass is 10.3. The SMILES string of the molecule is CCCS/C(=N/c1c(C(=O)NC)ncn1CC(C)=O)Nc1ccccc1. The minimum Gasteiger partial charge on any atom is -0.354 e. The molecule has 0 aliphatic heterocycles. The highest BCUT2D eigenvalue weighted by Crippen LogP contribution is 2.22. The molecule has 1 heterocycles. The van der Waals surface area contributed by atoms with Gasteiger partial charge in [-0.15, -0.1) is 0 Å². The maximum atomic E-state index is 12.1. The number of anilines is 1. The molecular formula is C18H23N5O2S. The lowest BCUT2D eigenvalue weighted by molar-refractivity contribution is -0.117. The van der Waals surface area contributed by atoms with Gasteiger partial charge in [-0.1, -0.05) is 36.9 Å². The van der Waals surface area contributed by atoms with Gasteiger partial charge in [0.25, 0.3) is 5.91 Å². The lowest BCUT2D eigenvalue weighted by Gasteiger charge is -2.11. The molecule has 0 aliphatic rings. The van der Waals surface area contributed by atoms with Gasteiger partial charge >= 0.3 is 0 Å². The molecular weight excluding hydrogens is 350 g/mol. The van der Waals surface area contributed by atoms with Crippen molar-refractivity contribution in [2.24, 2.45) is 4.99 Å². The standard InChI is InChI=1S/C18H23N5O2S/c1-4-10-26-18(21-14-8-6-5-7-9-14)22-16-15(17(25)19-3)20-12-23(16)11-13(2)24/h5-9,12H,4,10-11H2,1-3H3,(H,19,25)(H,21,22). The van der Waals surface area contributed by atoms with Crippen LogP contribution in [0, 0.1) is 0 Å². The number of nitrogens with zero attached hydrogens (tertiary/aromatic N) is 3. The average Bonchev–Trinajstić information content (AvgIpc) is 3.01. The molecule has 0 unspecified atom stereocenters. The molecule has 0 spiro atoms. The summed E-state index contributed by atoms with van der Waals surface area (Å²) in [5.74, 6) is 0.850. The van der Waals surface area contributed by atoms with Gasteiger partial charge in [-0.25, -0.2) is 9.98 Å². The maximum Gasteiger partial charge on any atom is 0.273 e. The number of rotatable bonds is 7. The molecule has 0 radical (unpaired) electrons. The van der Waals surface area contributed by atoms with Gasteiger partial charge in [-0.05, 0) is 25.5 Å². The van der Waals surface area contributed by atoms with Crippen molar-refractivity contribution in [1.29, 1.82) is 0 Å². The van der Waals surface area contributed by atoms with Crippen molar-refractivity contribution in [3.05, 3.63) is 42.4 Å². The van der Waals surface area contributed by atoms with E-state index in [4.69, 9.17) is 0 Å². The molecule has 1 aromatic carbocycles. The number of ketones is 1. The summed E-state index contributed by atoms with van der Waals surface area (Å²) in [7, 11) is 1.54. The van der Waals surface area contributed by atoms with E-state index in [0.717, 1.165) is 17.9 Å². The number of carbonyl (C=O) groups excluding carboxylic acids is 2. The van der Waals surface area contributed by atoms with Crippen LogP contribution in [0.25, 0.3) is 0 Å². The third-order valence-electron chi connectivity index (χ3n) is 3.32. The van der Waals surface area contributed by atoms with Crippen molar-refractivity contribution in [1.82, 2.24) is 14.9 Å². The summed E-state index contributed by atoms with van der Waals surface area (Å²) in [5, 5.41) is 6.48. The second kappa shape index (κ2) is 9.76. The van der Waals surface area contributed by atoms with E-state index in [1.165, 1.54) is 20.3 Å². The number of amidine groups is 1. The van der Waals surface area contributed by atoms with Gasteiger partial charge in [-0.3, -0.25) is 9.59 Å². The summed E-state index contributed by atoms with van der Waals surface area (Å²) in [6.45, 7) is 3.69. The van der Waals surface area contributed by atoms with Crippen molar-refractivity contribution in [3.63, 3.8) is 0 Å². The van der Waals surface area contributed by atoms with Crippen molar-refractivity contribution in [2.45, 2.75) is 26.8 Å². The van der Waals surface area contributed by atoms with E-state index in [-0.39, 0.29) is 23.9 Å². The first-order valence-electron chi connectivity index (χ1n) is 8.35. The van der Waals surface area contributed by atoms with Crippen molar-refractivity contribution >= 4 is 40.1 Å². The summed E-state index contributed by atoms with van der Waals surface area (Å²) >= 11 is 1.55. The van der Waals surface area contributed by atoms with Gasteiger partial charge in [0.15, 0.2) is 16.7 Å². The first-order chi connectivity index (χ1) is 12.5. The van der Waals surface area contributed by atoms with Gasteiger partial charge in [0.1, 0.15) is 5.78 Å². The third-order valence-corrected chi connectivity index (χ3v) is 4.40. The Labute approximate surface area is 157 Å². The number of nitrogens with one attached hydrogen (secondary N) is 2. The number of thioether (sulfide) groups is 1. The number of Topliss-reactive ketones (excluding diaryl/α,β-unsaturated/α-hetero) is 1. The Bertz CT molecular complexity index is 786. The molecule has 2 rings (SSSR count). The molecule has 0 atom stereocenters. The summed E-state index contributed by atoms with van der Waals surface area (Å²) in [5.41, 5.74) is 1.09. The van der Waals surface area contributed by atoms with Crippen molar-refractivity contribution in [2.75, 3.05) is 18.1 Å². The topological polar surface area (TPSA) is 88.4 Å². The zero-order chi connectivity index (χ0) is 18.9. The minimum atomic E-state index is -0.342. The number of carbonyl (C=O) groups is 2. The number of amides is 1. The van der Waals surface area contributed by atoms with E-state index in [9.17, 15) is 9.59 Å². The predicted octanol–water partition coefficient (Wildman–Crippen LogP) is 3.07. The van der Waals surface area contributed by atoms with Crippen LogP contribution in [0.15, 0.2) is 41.7 Å². The highest BCUT2D eigenvalue weighted by Gasteiger charge is 2.18. The molecule has 0 aliphatic carbocycles. The zero-order valence-electron chi connectivity index (χ0n) is 15.2. The lowest BCUT2D eigenvalue weighted by Crippen LogP contribution is -2.19. The Morgan fingerprint density at radius 2 is 2.00 bits per heavy atom. The largest absolute Gasteiger partial charge is 0.354 e. The van der Waals surface area contributed by atoms with Gasteiger partial charge in [0.2, 0.25) is 0 Å². The van der Waals surface area contributed by atoms with Gasteiger partial charge < -0.3 is 15.2 Å². The molecule has 7 nitrogen and oxygen atoms in total. The molecule has 26 heavy (non-hydrogen) atoms. The first kappa shape index (κ1) is 19.7. The second-order valence-electron chi connectivity index (χ2n) is 5.58. The summed E-state index contributed by atoms with van der Waals surface area (Å²) in [6.07, 6.45) is 2.45. The number of aromatic nitrogens is 2. The molecule has 138 valence electrons. The average molecular weight is 373 g/mol. The number of benzene rings is 1. The fourth-order valence-electron chi connectivity index (χ4n) is 2.16. The van der Waals surface area contributed by atoms with Crippen LogP contribution >= 0.6 is 11.8 Å². The zero-order valence-corrected chi connectivity index (χ0v) is 16.0. The van der Waals surface area contributed by atoms with Crippen molar-refractivity contribution in [3.8, 4) is 0 Å². The second-order valence-corrected chi connectivity index (χ2v) is 6.67. The highest BCUT2D eigenvalue weighted by molar-refractivity contribution is 8.14. The van der Waals surface area contributed by atoms with Crippen LogP contribution in [0.1, 0.15) is 30.8 Å². The number of imidazole rings is 1. The van der Waals surface area contributed by atoms with Crippen LogP contribution in [0.3, 0.4) is 0 Å². The number of para-hydroxylation sites is 1. The Balaban J connectivity index is 2.43. The molecule has 1 amide bonds. The normalized spacial score (nSPS) is 11.3. The smallest absolute Gasteiger partial charge is 0.273 e. The first-order valence-corrected chi connectivity index (χ1v) is 9.34. The third kappa shape index (κ3) is 5.45. The van der Waals surface area contributed by atoms with Crippen LogP contribution in [-0.2, 0) is 11.3 Å². The monoisotopic (exact) mass is 373 g/mol. The molecule has 0 saturated heterocycles. The molecule has 2 N–H and O–H groups in total. The van der Waals surface area contributed by atoms with E-state index < -0.39 is 0 Å². The van der Waals surface area contributed by atoms with E-state index in [0.29, 0.717) is 11.0 Å². The fourth-order valence-corrected chi connectivity index (χ4v) is 2.90. The number of hydrogen-bond acceptors (Lipinski definition) is 5. The van der Waals surface area contributed by atoms with E-state index in [1.807, 2.05) is 30.3 Å². The Kier molecular flexibility index (Phi) is 7.40. The fraction of sp³-hybridized carbons (Fsp3) is 0.333. The Morgan fingerprint density at radius 3 is 2.62 bits per heavy atom. The van der Waals surface area contributed by atoms with Crippen LogP contribution < -0.4 is 10.6 Å². The molecule has 1 aromatic heterocycles. The molecule has 0 bridgehead atoms. The van der Waals surface area contributed by atoms with Crippen LogP contribution in [0.5, 0.6) is 0 Å². The molecule has 0 saturated carbocycles. The summed E-state index contributed by atoms with van der Waals surface area (Å²) in [6, 6.07) is 9.68. The molecule has 2 aromatic rings. The number of aliphatic imine (C=N–C) groups is 1. The van der Waals surface area contributed by atoms with E-state index in [1.54, 1.807) is 16.3 Å². The number of hydrogen-bond donors (Lipinski definition) is 2. The highest BCUT2D eigenvalue weighted by atomic mass is 32.2. The maximum absolute atomic E-state index is 12.1.